The van der Waals surface area contributed by atoms with Crippen molar-refractivity contribution in [2.24, 2.45) is 5.84 Å². The molecule has 0 fully saturated rings. The van der Waals surface area contributed by atoms with Crippen LogP contribution in [0.4, 0.5) is 0 Å². The molecule has 5 heteroatoms. The van der Waals surface area contributed by atoms with Gasteiger partial charge in [-0.15, -0.1) is 0 Å². The Morgan fingerprint density at radius 1 is 1.62 bits per heavy atom. The molecule has 90 valence electrons. The third-order valence-electron chi connectivity index (χ3n) is 2.60. The van der Waals surface area contributed by atoms with Crippen molar-refractivity contribution < 1.29 is 9.21 Å². The van der Waals surface area contributed by atoms with E-state index in [0.29, 0.717) is 23.9 Å². The Morgan fingerprint density at radius 3 is 2.81 bits per heavy atom. The Morgan fingerprint density at radius 2 is 2.31 bits per heavy atom. The van der Waals surface area contributed by atoms with Crippen LogP contribution in [0.15, 0.2) is 16.7 Å². The van der Waals surface area contributed by atoms with Gasteiger partial charge in [-0.05, 0) is 26.5 Å². The predicted molar refractivity (Wildman–Crippen MR) is 61.6 cm³/mol. The van der Waals surface area contributed by atoms with Gasteiger partial charge in [-0.2, -0.15) is 0 Å². The van der Waals surface area contributed by atoms with Crippen LogP contribution in [0.3, 0.4) is 0 Å². The van der Waals surface area contributed by atoms with E-state index in [2.05, 4.69) is 31.1 Å². The van der Waals surface area contributed by atoms with Gasteiger partial charge < -0.3 is 4.42 Å². The molecule has 0 atom stereocenters. The van der Waals surface area contributed by atoms with Gasteiger partial charge in [-0.3, -0.25) is 15.1 Å². The molecule has 1 aromatic heterocycles. The lowest BCUT2D eigenvalue weighted by atomic mass is 10.2. The number of nitrogens with one attached hydrogen (secondary N) is 1. The van der Waals surface area contributed by atoms with Crippen molar-refractivity contribution in [2.45, 2.75) is 33.4 Å². The molecule has 0 saturated heterocycles. The van der Waals surface area contributed by atoms with Crippen LogP contribution in [-0.2, 0) is 6.54 Å². The molecule has 3 N–H and O–H groups in total. The van der Waals surface area contributed by atoms with Gasteiger partial charge in [-0.1, -0.05) is 6.92 Å². The second-order valence-corrected chi connectivity index (χ2v) is 3.89. The van der Waals surface area contributed by atoms with Crippen molar-refractivity contribution in [3.05, 3.63) is 23.7 Å². The highest BCUT2D eigenvalue weighted by atomic mass is 16.3. The highest BCUT2D eigenvalue weighted by Gasteiger charge is 2.17. The lowest BCUT2D eigenvalue weighted by Crippen LogP contribution is -2.33. The minimum Gasteiger partial charge on any atom is -0.467 e. The first-order valence-electron chi connectivity index (χ1n) is 5.41. The van der Waals surface area contributed by atoms with Gasteiger partial charge >= 0.3 is 0 Å². The first kappa shape index (κ1) is 12.7. The molecule has 0 aliphatic heterocycles. The number of nitrogen functional groups attached to an aromatic ring is 1. The number of furan rings is 1. The summed E-state index contributed by atoms with van der Waals surface area (Å²) in [6.07, 6.45) is 1.51. The van der Waals surface area contributed by atoms with Crippen molar-refractivity contribution >= 4 is 5.91 Å². The number of rotatable bonds is 5. The minimum atomic E-state index is -0.316. The summed E-state index contributed by atoms with van der Waals surface area (Å²) in [4.78, 5) is 13.6. The fourth-order valence-corrected chi connectivity index (χ4v) is 1.59. The monoisotopic (exact) mass is 225 g/mol. The molecule has 5 nitrogen and oxygen atoms in total. The lowest BCUT2D eigenvalue weighted by Gasteiger charge is -2.23. The van der Waals surface area contributed by atoms with Crippen LogP contribution in [0.1, 0.15) is 36.9 Å². The third-order valence-corrected chi connectivity index (χ3v) is 2.60. The molecule has 0 aromatic carbocycles. The van der Waals surface area contributed by atoms with Gasteiger partial charge in [0.2, 0.25) is 0 Å². The number of hydrogen-bond donors (Lipinski definition) is 2. The predicted octanol–water partition coefficient (Wildman–Crippen LogP) is 1.11. The molecule has 1 aromatic rings. The largest absolute Gasteiger partial charge is 0.467 e. The summed E-state index contributed by atoms with van der Waals surface area (Å²) >= 11 is 0. The highest BCUT2D eigenvalue weighted by molar-refractivity contribution is 5.94. The second kappa shape index (κ2) is 5.67. The lowest BCUT2D eigenvalue weighted by molar-refractivity contribution is 0.0949. The molecular weight excluding hydrogens is 206 g/mol. The Bertz CT molecular complexity index is 347. The minimum absolute atomic E-state index is 0.316. The summed E-state index contributed by atoms with van der Waals surface area (Å²) < 4.78 is 5.31. The standard InChI is InChI=1S/C11H19N3O2/c1-4-14(8(2)3)7-10-9(5-6-16-10)11(15)13-12/h5-6,8H,4,7,12H2,1-3H3,(H,13,15). The second-order valence-electron chi connectivity index (χ2n) is 3.89. The third kappa shape index (κ3) is 2.84. The summed E-state index contributed by atoms with van der Waals surface area (Å²) in [5.74, 6) is 5.44. The zero-order valence-corrected chi connectivity index (χ0v) is 9.99. The first-order valence-corrected chi connectivity index (χ1v) is 5.41. The zero-order valence-electron chi connectivity index (χ0n) is 9.99. The molecule has 0 aliphatic carbocycles. The average molecular weight is 225 g/mol. The Labute approximate surface area is 95.6 Å². The number of nitrogens with zero attached hydrogens (tertiary/aromatic N) is 1. The van der Waals surface area contributed by atoms with Gasteiger partial charge in [0.1, 0.15) is 5.76 Å². The molecule has 1 heterocycles. The quantitative estimate of drug-likeness (QED) is 0.447. The number of hydrazine groups is 1. The van der Waals surface area contributed by atoms with Crippen molar-refractivity contribution in [2.75, 3.05) is 6.54 Å². The van der Waals surface area contributed by atoms with E-state index in [4.69, 9.17) is 10.3 Å². The number of hydrogen-bond acceptors (Lipinski definition) is 4. The van der Waals surface area contributed by atoms with Crippen molar-refractivity contribution in [3.8, 4) is 0 Å². The molecule has 0 spiro atoms. The van der Waals surface area contributed by atoms with Crippen LogP contribution < -0.4 is 11.3 Å². The number of amides is 1. The maximum absolute atomic E-state index is 11.4. The smallest absolute Gasteiger partial charge is 0.268 e. The molecule has 0 aliphatic rings. The van der Waals surface area contributed by atoms with Crippen LogP contribution in [-0.4, -0.2) is 23.4 Å². The molecule has 1 amide bonds. The zero-order chi connectivity index (χ0) is 12.1. The maximum Gasteiger partial charge on any atom is 0.268 e. The molecular formula is C11H19N3O2. The average Bonchev–Trinajstić information content (AvgIpc) is 2.72. The molecule has 1 rings (SSSR count). The fourth-order valence-electron chi connectivity index (χ4n) is 1.59. The summed E-state index contributed by atoms with van der Waals surface area (Å²) in [7, 11) is 0. The van der Waals surface area contributed by atoms with E-state index in [1.807, 2.05) is 0 Å². The number of nitrogens with two attached hydrogens (primary N) is 1. The van der Waals surface area contributed by atoms with E-state index in [-0.39, 0.29) is 5.91 Å². The maximum atomic E-state index is 11.4. The van der Waals surface area contributed by atoms with Gasteiger partial charge in [0.25, 0.3) is 5.91 Å². The Balaban J connectivity index is 2.80. The van der Waals surface area contributed by atoms with Crippen molar-refractivity contribution in [3.63, 3.8) is 0 Å². The molecule has 0 bridgehead atoms. The van der Waals surface area contributed by atoms with Crippen LogP contribution >= 0.6 is 0 Å². The van der Waals surface area contributed by atoms with Gasteiger partial charge in [-0.25, -0.2) is 5.84 Å². The number of carbonyl (C=O) groups is 1. The summed E-state index contributed by atoms with van der Waals surface area (Å²) in [5, 5.41) is 0. The molecule has 0 radical (unpaired) electrons. The fraction of sp³-hybridized carbons (Fsp3) is 0.545. The van der Waals surface area contributed by atoms with E-state index < -0.39 is 0 Å². The topological polar surface area (TPSA) is 71.5 Å². The molecule has 0 unspecified atom stereocenters. The SMILES string of the molecule is CCN(Cc1occc1C(=O)NN)C(C)C. The summed E-state index contributed by atoms with van der Waals surface area (Å²) in [6.45, 7) is 7.81. The van der Waals surface area contributed by atoms with Crippen molar-refractivity contribution in [1.29, 1.82) is 0 Å². The van der Waals surface area contributed by atoms with E-state index >= 15 is 0 Å². The van der Waals surface area contributed by atoms with E-state index in [1.165, 1.54) is 6.26 Å². The van der Waals surface area contributed by atoms with Gasteiger partial charge in [0.15, 0.2) is 0 Å². The van der Waals surface area contributed by atoms with Crippen LogP contribution in [0.25, 0.3) is 0 Å². The Hall–Kier alpha value is -1.33. The van der Waals surface area contributed by atoms with Crippen LogP contribution in [0.5, 0.6) is 0 Å². The van der Waals surface area contributed by atoms with Crippen LogP contribution in [0.2, 0.25) is 0 Å². The van der Waals surface area contributed by atoms with Gasteiger partial charge in [0, 0.05) is 6.04 Å². The summed E-state index contributed by atoms with van der Waals surface area (Å²) in [6, 6.07) is 2.04. The molecule has 16 heavy (non-hydrogen) atoms. The number of carbonyl (C=O) groups excluding carboxylic acids is 1. The molecule has 0 saturated carbocycles. The normalized spacial score (nSPS) is 11.1. The van der Waals surface area contributed by atoms with E-state index in [0.717, 1.165) is 6.54 Å². The first-order chi connectivity index (χ1) is 7.60. The van der Waals surface area contributed by atoms with Crippen LogP contribution in [0, 0.1) is 0 Å². The van der Waals surface area contributed by atoms with Gasteiger partial charge in [0.05, 0.1) is 18.4 Å². The highest BCUT2D eigenvalue weighted by Crippen LogP contribution is 2.14. The van der Waals surface area contributed by atoms with E-state index in [1.54, 1.807) is 6.07 Å². The summed E-state index contributed by atoms with van der Waals surface area (Å²) in [5.41, 5.74) is 2.61. The van der Waals surface area contributed by atoms with Crippen molar-refractivity contribution in [1.82, 2.24) is 10.3 Å². The Kier molecular flexibility index (Phi) is 4.52. The van der Waals surface area contributed by atoms with E-state index in [9.17, 15) is 4.79 Å².